The molecule has 0 aliphatic heterocycles. The third-order valence-corrected chi connectivity index (χ3v) is 1.97. The second kappa shape index (κ2) is 4.76. The van der Waals surface area contributed by atoms with Crippen molar-refractivity contribution in [2.24, 2.45) is 5.73 Å². The third kappa shape index (κ3) is 2.82. The predicted molar refractivity (Wildman–Crippen MR) is 40.6 cm³/mol. The fourth-order valence-electron chi connectivity index (χ4n) is 0.915. The van der Waals surface area contributed by atoms with Gasteiger partial charge in [-0.3, -0.25) is 0 Å². The zero-order chi connectivity index (χ0) is 15.0. The molecule has 2 nitrogen and oxygen atoms in total. The second-order valence-corrected chi connectivity index (χ2v) is 3.44. The van der Waals surface area contributed by atoms with Crippen molar-refractivity contribution in [1.29, 1.82) is 0 Å². The van der Waals surface area contributed by atoms with E-state index in [9.17, 15) is 39.5 Å². The van der Waals surface area contributed by atoms with Gasteiger partial charge in [0.1, 0.15) is 0 Å². The molecule has 0 spiro atoms. The fraction of sp³-hybridized carbons (Fsp3) is 1.00. The highest BCUT2D eigenvalue weighted by molar-refractivity contribution is 5.01. The van der Waals surface area contributed by atoms with Gasteiger partial charge in [0, 0.05) is 13.0 Å². The predicted octanol–water partition coefficient (Wildman–Crippen LogP) is 2.16. The summed E-state index contributed by atoms with van der Waals surface area (Å²) in [4.78, 5) is 0. The zero-order valence-corrected chi connectivity index (χ0v) is 8.42. The van der Waals surface area contributed by atoms with Gasteiger partial charge in [0.15, 0.2) is 0 Å². The van der Waals surface area contributed by atoms with Gasteiger partial charge in [0.05, 0.1) is 6.10 Å². The maximum Gasteiger partial charge on any atom is 0.460 e. The van der Waals surface area contributed by atoms with Crippen LogP contribution in [0.4, 0.5) is 39.5 Å². The number of aliphatic hydroxyl groups excluding tert-OH is 1. The number of hydrogen-bond donors (Lipinski definition) is 2. The molecule has 18 heavy (non-hydrogen) atoms. The van der Waals surface area contributed by atoms with E-state index in [0.717, 1.165) is 0 Å². The van der Waals surface area contributed by atoms with Gasteiger partial charge in [-0.15, -0.1) is 0 Å². The van der Waals surface area contributed by atoms with Crippen molar-refractivity contribution in [2.75, 3.05) is 6.54 Å². The molecular weight excluding hydrogens is 285 g/mol. The number of alkyl halides is 9. The number of hydrogen-bond acceptors (Lipinski definition) is 2. The molecule has 0 bridgehead atoms. The van der Waals surface area contributed by atoms with Crippen molar-refractivity contribution in [3.8, 4) is 0 Å². The quantitative estimate of drug-likeness (QED) is 0.763. The Morgan fingerprint density at radius 3 is 1.50 bits per heavy atom. The molecule has 11 heteroatoms. The van der Waals surface area contributed by atoms with E-state index in [0.29, 0.717) is 0 Å². The van der Waals surface area contributed by atoms with E-state index in [1.807, 2.05) is 0 Å². The molecule has 0 saturated heterocycles. The molecule has 0 aromatic heterocycles. The summed E-state index contributed by atoms with van der Waals surface area (Å²) in [7, 11) is 0. The van der Waals surface area contributed by atoms with Gasteiger partial charge in [0.25, 0.3) is 0 Å². The first-order valence-electron chi connectivity index (χ1n) is 4.29. The highest BCUT2D eigenvalue weighted by atomic mass is 19.4. The summed E-state index contributed by atoms with van der Waals surface area (Å²) in [5.74, 6) is -19.4. The van der Waals surface area contributed by atoms with E-state index >= 15 is 0 Å². The Morgan fingerprint density at radius 2 is 1.22 bits per heavy atom. The first kappa shape index (κ1) is 17.3. The number of rotatable bonds is 5. The topological polar surface area (TPSA) is 46.2 Å². The van der Waals surface area contributed by atoms with Crippen LogP contribution >= 0.6 is 0 Å². The first-order valence-corrected chi connectivity index (χ1v) is 4.29. The Kier molecular flexibility index (Phi) is 4.57. The summed E-state index contributed by atoms with van der Waals surface area (Å²) in [5.41, 5.74) is 4.58. The van der Waals surface area contributed by atoms with E-state index in [4.69, 9.17) is 5.11 Å². The van der Waals surface area contributed by atoms with E-state index in [2.05, 4.69) is 5.73 Å². The maximum absolute atomic E-state index is 12.7. The molecule has 0 fully saturated rings. The van der Waals surface area contributed by atoms with Crippen LogP contribution < -0.4 is 5.73 Å². The Balaban J connectivity index is 5.36. The fourth-order valence-corrected chi connectivity index (χ4v) is 0.915. The minimum absolute atomic E-state index is 0.997. The molecule has 3 N–H and O–H groups in total. The third-order valence-electron chi connectivity index (χ3n) is 1.97. The molecule has 0 aliphatic carbocycles. The van der Waals surface area contributed by atoms with Gasteiger partial charge in [0.2, 0.25) is 0 Å². The van der Waals surface area contributed by atoms with Gasteiger partial charge >= 0.3 is 23.9 Å². The van der Waals surface area contributed by atoms with E-state index in [1.165, 1.54) is 0 Å². The SMILES string of the molecule is NC[C@@H](O)CC(F)(F)C(F)(F)C(F)(F)C(F)(F)F. The Bertz CT molecular complexity index is 287. The molecule has 0 aromatic rings. The van der Waals surface area contributed by atoms with Crippen molar-refractivity contribution < 1.29 is 44.6 Å². The van der Waals surface area contributed by atoms with Gasteiger partial charge < -0.3 is 10.8 Å². The van der Waals surface area contributed by atoms with Crippen LogP contribution in [0.2, 0.25) is 0 Å². The maximum atomic E-state index is 12.7. The smallest absolute Gasteiger partial charge is 0.392 e. The van der Waals surface area contributed by atoms with E-state index < -0.39 is 43.0 Å². The first-order chi connectivity index (χ1) is 7.70. The largest absolute Gasteiger partial charge is 0.460 e. The molecule has 0 saturated carbocycles. The van der Waals surface area contributed by atoms with Crippen LogP contribution in [0.5, 0.6) is 0 Å². The van der Waals surface area contributed by atoms with Crippen molar-refractivity contribution in [2.45, 2.75) is 36.5 Å². The normalized spacial score (nSPS) is 16.8. The van der Waals surface area contributed by atoms with Crippen LogP contribution in [0.15, 0.2) is 0 Å². The molecule has 0 heterocycles. The number of halogens is 9. The standard InChI is InChI=1S/C7H8F9NO/c8-4(9,1-3(18)2-17)5(10,11)6(12,13)7(14,15)16/h3,18H,1-2,17H2/t3-/m0/s1. The summed E-state index contributed by atoms with van der Waals surface area (Å²) < 4.78 is 110. The van der Waals surface area contributed by atoms with Crippen LogP contribution in [-0.4, -0.2) is 41.7 Å². The summed E-state index contributed by atoms with van der Waals surface area (Å²) in [6, 6.07) is 0. The average Bonchev–Trinajstić information content (AvgIpc) is 2.14. The number of nitrogens with two attached hydrogens (primary N) is 1. The highest BCUT2D eigenvalue weighted by Crippen LogP contribution is 2.54. The van der Waals surface area contributed by atoms with Crippen LogP contribution in [-0.2, 0) is 0 Å². The highest BCUT2D eigenvalue weighted by Gasteiger charge is 2.81. The van der Waals surface area contributed by atoms with Gasteiger partial charge in [-0.1, -0.05) is 0 Å². The molecular formula is C7H8F9NO. The summed E-state index contributed by atoms with van der Waals surface area (Å²) in [6.45, 7) is -0.997. The zero-order valence-electron chi connectivity index (χ0n) is 8.42. The van der Waals surface area contributed by atoms with Crippen molar-refractivity contribution in [3.05, 3.63) is 0 Å². The summed E-state index contributed by atoms with van der Waals surface area (Å²) in [5, 5.41) is 8.56. The Labute approximate surface area is 94.6 Å². The van der Waals surface area contributed by atoms with Crippen LogP contribution in [0, 0.1) is 0 Å². The molecule has 0 aliphatic rings. The lowest BCUT2D eigenvalue weighted by molar-refractivity contribution is -0.398. The van der Waals surface area contributed by atoms with Gasteiger partial charge in [-0.2, -0.15) is 39.5 Å². The Morgan fingerprint density at radius 1 is 0.833 bits per heavy atom. The molecule has 0 radical (unpaired) electrons. The van der Waals surface area contributed by atoms with E-state index in [1.54, 1.807) is 0 Å². The van der Waals surface area contributed by atoms with Gasteiger partial charge in [-0.25, -0.2) is 0 Å². The minimum atomic E-state index is -6.93. The molecule has 0 aromatic carbocycles. The molecule has 0 amide bonds. The molecule has 0 rings (SSSR count). The van der Waals surface area contributed by atoms with Crippen LogP contribution in [0.25, 0.3) is 0 Å². The summed E-state index contributed by atoms with van der Waals surface area (Å²) in [6.07, 6.45) is -11.5. The minimum Gasteiger partial charge on any atom is -0.392 e. The molecule has 1 atom stereocenters. The van der Waals surface area contributed by atoms with Crippen molar-refractivity contribution in [1.82, 2.24) is 0 Å². The van der Waals surface area contributed by atoms with Crippen molar-refractivity contribution in [3.63, 3.8) is 0 Å². The lowest BCUT2D eigenvalue weighted by atomic mass is 9.98. The van der Waals surface area contributed by atoms with Gasteiger partial charge in [-0.05, 0) is 0 Å². The number of aliphatic hydroxyl groups is 1. The monoisotopic (exact) mass is 293 g/mol. The van der Waals surface area contributed by atoms with Crippen molar-refractivity contribution >= 4 is 0 Å². The lowest BCUT2D eigenvalue weighted by Gasteiger charge is -2.34. The second-order valence-electron chi connectivity index (χ2n) is 3.44. The molecule has 0 unspecified atom stereocenters. The van der Waals surface area contributed by atoms with E-state index in [-0.39, 0.29) is 0 Å². The summed E-state index contributed by atoms with van der Waals surface area (Å²) >= 11 is 0. The Hall–Kier alpha value is -0.710. The van der Waals surface area contributed by atoms with Crippen LogP contribution in [0.3, 0.4) is 0 Å². The molecule has 110 valence electrons. The van der Waals surface area contributed by atoms with Crippen LogP contribution in [0.1, 0.15) is 6.42 Å². The average molecular weight is 293 g/mol. The lowest BCUT2D eigenvalue weighted by Crippen LogP contribution is -2.61.